The minimum absolute atomic E-state index is 0.0226. The molecule has 0 spiro atoms. The summed E-state index contributed by atoms with van der Waals surface area (Å²) in [4.78, 5) is 26.8. The Morgan fingerprint density at radius 2 is 1.36 bits per heavy atom. The van der Waals surface area contributed by atoms with E-state index in [4.69, 9.17) is 23.4 Å². The summed E-state index contributed by atoms with van der Waals surface area (Å²) in [6.07, 6.45) is -15.7. The van der Waals surface area contributed by atoms with Crippen molar-refractivity contribution in [1.29, 1.82) is 0 Å². The Hall–Kier alpha value is -5.08. The third-order valence-electron chi connectivity index (χ3n) is 8.93. The SMILES string of the molecule is O=C(C=Cc1ccc(O)cc1)OC1C(c2c(OC3OC(CO)C(O)C(O)C3O)cc(O)c3c(=O)cc(-c4ccc(O)cc4)oc23)OC(CO)C(O)C1O. The maximum atomic E-state index is 13.6. The highest BCUT2D eigenvalue weighted by Gasteiger charge is 2.50. The Labute approximate surface area is 299 Å². The van der Waals surface area contributed by atoms with Crippen LogP contribution in [-0.2, 0) is 19.0 Å². The number of phenolic OH excluding ortho intramolecular Hbond substituents is 3. The van der Waals surface area contributed by atoms with E-state index in [0.717, 1.165) is 18.2 Å². The summed E-state index contributed by atoms with van der Waals surface area (Å²) in [5.41, 5.74) is -0.931. The number of hydrogen-bond acceptors (Lipinski definition) is 17. The molecule has 0 bridgehead atoms. The Bertz CT molecular complexity index is 2010. The molecule has 2 fully saturated rings. The zero-order valence-corrected chi connectivity index (χ0v) is 27.4. The molecule has 10 atom stereocenters. The quantitative estimate of drug-likeness (QED) is 0.0767. The number of benzene rings is 3. The molecule has 17 heteroatoms. The third kappa shape index (κ3) is 7.56. The molecule has 0 amide bonds. The molecule has 282 valence electrons. The monoisotopic (exact) mass is 740 g/mol. The van der Waals surface area contributed by atoms with Gasteiger partial charge in [-0.15, -0.1) is 0 Å². The number of fused-ring (bicyclic) bond motifs is 1. The molecule has 4 aromatic rings. The molecule has 3 aromatic carbocycles. The molecule has 2 aliphatic heterocycles. The van der Waals surface area contributed by atoms with Crippen molar-refractivity contribution in [2.24, 2.45) is 0 Å². The fourth-order valence-corrected chi connectivity index (χ4v) is 6.11. The molecule has 0 saturated carbocycles. The van der Waals surface area contributed by atoms with E-state index in [9.17, 15) is 60.7 Å². The van der Waals surface area contributed by atoms with Gasteiger partial charge in [0.05, 0.1) is 18.8 Å². The predicted octanol–water partition coefficient (Wildman–Crippen LogP) is -0.465. The summed E-state index contributed by atoms with van der Waals surface area (Å²) in [5, 5.41) is 104. The lowest BCUT2D eigenvalue weighted by Gasteiger charge is -2.43. The second kappa shape index (κ2) is 15.5. The predicted molar refractivity (Wildman–Crippen MR) is 179 cm³/mol. The summed E-state index contributed by atoms with van der Waals surface area (Å²) >= 11 is 0. The number of phenols is 3. The number of carbonyl (C=O) groups is 1. The number of aliphatic hydroxyl groups is 7. The summed E-state index contributed by atoms with van der Waals surface area (Å²) in [5.74, 6) is -2.57. The first-order valence-corrected chi connectivity index (χ1v) is 16.2. The fourth-order valence-electron chi connectivity index (χ4n) is 6.11. The van der Waals surface area contributed by atoms with Gasteiger partial charge in [0, 0.05) is 23.8 Å². The van der Waals surface area contributed by atoms with E-state index >= 15 is 0 Å². The van der Waals surface area contributed by atoms with Gasteiger partial charge in [-0.2, -0.15) is 0 Å². The van der Waals surface area contributed by atoms with Crippen molar-refractivity contribution < 1.29 is 79.2 Å². The molecular weight excluding hydrogens is 704 g/mol. The van der Waals surface area contributed by atoms with Gasteiger partial charge in [0.15, 0.2) is 17.1 Å². The van der Waals surface area contributed by atoms with Crippen LogP contribution in [0.2, 0.25) is 0 Å². The van der Waals surface area contributed by atoms with Crippen LogP contribution in [-0.4, -0.2) is 125 Å². The van der Waals surface area contributed by atoms with Crippen LogP contribution in [0.5, 0.6) is 23.0 Å². The molecular formula is C36H36O17. The Balaban J connectivity index is 1.53. The number of ether oxygens (including phenoxy) is 4. The first-order valence-electron chi connectivity index (χ1n) is 16.2. The molecule has 0 radical (unpaired) electrons. The molecule has 10 N–H and O–H groups in total. The van der Waals surface area contributed by atoms with Crippen molar-refractivity contribution in [3.63, 3.8) is 0 Å². The van der Waals surface area contributed by atoms with Gasteiger partial charge in [-0.3, -0.25) is 4.79 Å². The average Bonchev–Trinajstić information content (AvgIpc) is 3.14. The van der Waals surface area contributed by atoms with Gasteiger partial charge in [-0.05, 0) is 48.0 Å². The molecule has 17 nitrogen and oxygen atoms in total. The standard InChI is InChI=1S/C36H36O17/c37-13-23-29(45)31(47)35(53-25(43)10-3-15-1-6-17(39)7-2-15)34(50-23)27-22(51-36-32(48)30(46)28(44)24(14-38)52-36)12-20(42)26-19(41)11-21(49-33(26)27)16-4-8-18(40)9-5-16/h1-12,23-24,28-32,34-40,42,44-48H,13-14H2. The summed E-state index contributed by atoms with van der Waals surface area (Å²) in [6.45, 7) is -1.70. The second-order valence-corrected chi connectivity index (χ2v) is 12.4. The number of carbonyl (C=O) groups excluding carboxylic acids is 1. The van der Waals surface area contributed by atoms with Crippen molar-refractivity contribution in [1.82, 2.24) is 0 Å². The van der Waals surface area contributed by atoms with E-state index in [1.165, 1.54) is 54.6 Å². The summed E-state index contributed by atoms with van der Waals surface area (Å²) in [6, 6.07) is 13.1. The zero-order valence-electron chi connectivity index (χ0n) is 27.4. The van der Waals surface area contributed by atoms with E-state index in [1.807, 2.05) is 0 Å². The van der Waals surface area contributed by atoms with Gasteiger partial charge in [-0.25, -0.2) is 4.79 Å². The average molecular weight is 741 g/mol. The van der Waals surface area contributed by atoms with Gasteiger partial charge in [0.1, 0.15) is 83.0 Å². The molecule has 10 unspecified atom stereocenters. The minimum atomic E-state index is -1.98. The van der Waals surface area contributed by atoms with Crippen molar-refractivity contribution in [3.8, 4) is 34.3 Å². The largest absolute Gasteiger partial charge is 0.508 e. The number of esters is 1. The first kappa shape index (κ1) is 37.7. The smallest absolute Gasteiger partial charge is 0.331 e. The highest BCUT2D eigenvalue weighted by atomic mass is 16.7. The lowest BCUT2D eigenvalue weighted by atomic mass is 9.89. The third-order valence-corrected chi connectivity index (χ3v) is 8.93. The molecule has 53 heavy (non-hydrogen) atoms. The molecule has 2 saturated heterocycles. The lowest BCUT2D eigenvalue weighted by Crippen LogP contribution is -2.60. The van der Waals surface area contributed by atoms with E-state index in [1.54, 1.807) is 0 Å². The van der Waals surface area contributed by atoms with Crippen molar-refractivity contribution in [3.05, 3.63) is 88.1 Å². The van der Waals surface area contributed by atoms with E-state index in [2.05, 4.69) is 0 Å². The fraction of sp³-hybridized carbons (Fsp3) is 0.333. The normalized spacial score (nSPS) is 29.0. The molecule has 6 rings (SSSR count). The minimum Gasteiger partial charge on any atom is -0.508 e. The first-order chi connectivity index (χ1) is 25.3. The van der Waals surface area contributed by atoms with Crippen molar-refractivity contribution in [2.45, 2.75) is 61.2 Å². The summed E-state index contributed by atoms with van der Waals surface area (Å²) < 4.78 is 29.2. The van der Waals surface area contributed by atoms with Crippen LogP contribution in [0.4, 0.5) is 0 Å². The number of aliphatic hydroxyl groups excluding tert-OH is 7. The van der Waals surface area contributed by atoms with Gasteiger partial charge in [0.25, 0.3) is 0 Å². The van der Waals surface area contributed by atoms with Crippen molar-refractivity contribution in [2.75, 3.05) is 13.2 Å². The summed E-state index contributed by atoms with van der Waals surface area (Å²) in [7, 11) is 0. The molecule has 0 aliphatic carbocycles. The molecule has 2 aliphatic rings. The topological polar surface area (TPSA) is 286 Å². The maximum absolute atomic E-state index is 13.6. The second-order valence-electron chi connectivity index (χ2n) is 12.4. The van der Waals surface area contributed by atoms with E-state index < -0.39 is 108 Å². The van der Waals surface area contributed by atoms with Crippen LogP contribution < -0.4 is 10.2 Å². The Morgan fingerprint density at radius 1 is 0.755 bits per heavy atom. The number of aromatic hydroxyl groups is 3. The maximum Gasteiger partial charge on any atom is 0.331 e. The highest BCUT2D eigenvalue weighted by Crippen LogP contribution is 2.46. The number of hydrogen-bond donors (Lipinski definition) is 10. The van der Waals surface area contributed by atoms with Gasteiger partial charge >= 0.3 is 5.97 Å². The highest BCUT2D eigenvalue weighted by molar-refractivity contribution is 5.90. The van der Waals surface area contributed by atoms with Gasteiger partial charge in [0.2, 0.25) is 6.29 Å². The van der Waals surface area contributed by atoms with Crippen LogP contribution >= 0.6 is 0 Å². The van der Waals surface area contributed by atoms with Crippen LogP contribution in [0, 0.1) is 0 Å². The van der Waals surface area contributed by atoms with Crippen LogP contribution in [0.25, 0.3) is 28.4 Å². The lowest BCUT2D eigenvalue weighted by molar-refractivity contribution is -0.278. The van der Waals surface area contributed by atoms with Crippen LogP contribution in [0.3, 0.4) is 0 Å². The van der Waals surface area contributed by atoms with Gasteiger partial charge in [-0.1, -0.05) is 12.1 Å². The Morgan fingerprint density at radius 3 is 2.00 bits per heavy atom. The Kier molecular flexibility index (Phi) is 11.0. The van der Waals surface area contributed by atoms with Crippen LogP contribution in [0.1, 0.15) is 17.2 Å². The molecule has 1 aromatic heterocycles. The zero-order chi connectivity index (χ0) is 38.1. The van der Waals surface area contributed by atoms with E-state index in [0.29, 0.717) is 5.56 Å². The van der Waals surface area contributed by atoms with Crippen molar-refractivity contribution >= 4 is 23.0 Å². The van der Waals surface area contributed by atoms with Gasteiger partial charge < -0.3 is 74.4 Å². The molecule has 3 heterocycles. The van der Waals surface area contributed by atoms with E-state index in [-0.39, 0.29) is 28.4 Å². The number of rotatable bonds is 9. The van der Waals surface area contributed by atoms with Crippen LogP contribution in [0.15, 0.2) is 76.0 Å².